The van der Waals surface area contributed by atoms with Crippen molar-refractivity contribution in [3.05, 3.63) is 41.0 Å². The van der Waals surface area contributed by atoms with E-state index in [1.165, 1.54) is 0 Å². The van der Waals surface area contributed by atoms with Crippen LogP contribution < -0.4 is 5.73 Å². The van der Waals surface area contributed by atoms with Gasteiger partial charge in [-0.3, -0.25) is 0 Å². The number of benzene rings is 1. The summed E-state index contributed by atoms with van der Waals surface area (Å²) in [5, 5.41) is 11.8. The summed E-state index contributed by atoms with van der Waals surface area (Å²) in [5.74, 6) is 0.386. The first-order valence-corrected chi connectivity index (χ1v) is 16.8. The van der Waals surface area contributed by atoms with E-state index in [2.05, 4.69) is 6.92 Å². The zero-order valence-electron chi connectivity index (χ0n) is 23.5. The predicted molar refractivity (Wildman–Crippen MR) is 152 cm³/mol. The van der Waals surface area contributed by atoms with Gasteiger partial charge in [-0.05, 0) is 59.8 Å². The fourth-order valence-corrected chi connectivity index (χ4v) is 10.4. The van der Waals surface area contributed by atoms with Gasteiger partial charge in [0.1, 0.15) is 30.5 Å². The molecule has 3 aliphatic heterocycles. The summed E-state index contributed by atoms with van der Waals surface area (Å²) in [4.78, 5) is 26.7. The lowest BCUT2D eigenvalue weighted by molar-refractivity contribution is -0.146. The van der Waals surface area contributed by atoms with E-state index in [-0.39, 0.29) is 41.8 Å². The van der Waals surface area contributed by atoms with Crippen molar-refractivity contribution in [3.8, 4) is 0 Å². The summed E-state index contributed by atoms with van der Waals surface area (Å²) in [5.41, 5.74) is 6.21. The van der Waals surface area contributed by atoms with Crippen molar-refractivity contribution in [2.24, 2.45) is 28.9 Å². The van der Waals surface area contributed by atoms with Crippen molar-refractivity contribution >= 4 is 33.7 Å². The molecule has 2 saturated carbocycles. The van der Waals surface area contributed by atoms with Crippen LogP contribution in [0.2, 0.25) is 0 Å². The number of rotatable bonds is 8. The first-order chi connectivity index (χ1) is 19.7. The van der Waals surface area contributed by atoms with E-state index in [1.54, 1.807) is 21.6 Å². The smallest absolute Gasteiger partial charge is 0.458 e. The molecule has 222 valence electrons. The van der Waals surface area contributed by atoms with E-state index in [1.807, 2.05) is 38.1 Å². The number of aliphatic hydroxyl groups excluding tert-OH is 1. The van der Waals surface area contributed by atoms with Gasteiger partial charge in [-0.25, -0.2) is 9.59 Å². The van der Waals surface area contributed by atoms with Gasteiger partial charge < -0.3 is 34.5 Å². The zero-order chi connectivity index (χ0) is 28.7. The lowest BCUT2D eigenvalue weighted by atomic mass is 9.46. The van der Waals surface area contributed by atoms with E-state index in [4.69, 9.17) is 29.4 Å². The molecule has 1 spiro atoms. The Kier molecular flexibility index (Phi) is 6.76. The van der Waals surface area contributed by atoms with Gasteiger partial charge in [-0.1, -0.05) is 54.5 Å². The molecule has 3 N–H and O–H groups in total. The van der Waals surface area contributed by atoms with Crippen LogP contribution in [0.1, 0.15) is 45.6 Å². The van der Waals surface area contributed by atoms with Crippen molar-refractivity contribution in [2.75, 3.05) is 18.9 Å². The third-order valence-corrected chi connectivity index (χ3v) is 12.9. The van der Waals surface area contributed by atoms with Gasteiger partial charge >= 0.3 is 12.1 Å². The number of hydrogen-bond acceptors (Lipinski definition) is 11. The molecule has 0 aromatic heterocycles. The topological polar surface area (TPSA) is 133 Å². The number of esters is 1. The summed E-state index contributed by atoms with van der Waals surface area (Å²) in [7, 11) is 3.37. The number of aliphatic hydroxyl groups is 1. The first kappa shape index (κ1) is 28.0. The largest absolute Gasteiger partial charge is 0.509 e. The number of carbonyl (C=O) groups is 2. The van der Waals surface area contributed by atoms with Gasteiger partial charge in [0.25, 0.3) is 0 Å². The first-order valence-electron chi connectivity index (χ1n) is 14.5. The Labute approximate surface area is 247 Å². The minimum absolute atomic E-state index is 0.0191. The fourth-order valence-electron chi connectivity index (χ4n) is 8.55. The predicted octanol–water partition coefficient (Wildman–Crippen LogP) is 4.00. The summed E-state index contributed by atoms with van der Waals surface area (Å²) in [6.45, 7) is 7.28. The van der Waals surface area contributed by atoms with Crippen LogP contribution in [0.15, 0.2) is 40.3 Å². The average molecular weight is 604 g/mol. The quantitative estimate of drug-likeness (QED) is 0.193. The molecule has 6 aliphatic rings. The average Bonchev–Trinajstić information content (AvgIpc) is 3.84. The van der Waals surface area contributed by atoms with Crippen LogP contribution in [-0.2, 0) is 35.1 Å². The summed E-state index contributed by atoms with van der Waals surface area (Å²) < 4.78 is 30.1. The molecule has 9 atom stereocenters. The van der Waals surface area contributed by atoms with Crippen molar-refractivity contribution in [1.29, 1.82) is 0 Å². The molecule has 3 aliphatic carbocycles. The third kappa shape index (κ3) is 4.06. The zero-order valence-corrected chi connectivity index (χ0v) is 25.1. The van der Waals surface area contributed by atoms with Crippen LogP contribution in [0, 0.1) is 23.2 Å². The van der Waals surface area contributed by atoms with Crippen LogP contribution in [0.4, 0.5) is 4.79 Å². The number of nitrogens with two attached hydrogens (primary N) is 1. The number of cyclic esters (lactones) is 1. The van der Waals surface area contributed by atoms with Crippen molar-refractivity contribution in [2.45, 2.75) is 87.2 Å². The molecule has 3 heterocycles. The van der Waals surface area contributed by atoms with E-state index < -0.39 is 35.7 Å². The minimum atomic E-state index is -0.859. The molecule has 0 amide bonds. The molecule has 41 heavy (non-hydrogen) atoms. The second-order valence-electron chi connectivity index (χ2n) is 12.7. The number of epoxide rings is 2. The number of carbonyl (C=O) groups excluding carboxylic acids is 2. The van der Waals surface area contributed by atoms with Gasteiger partial charge in [0.05, 0.1) is 12.2 Å². The second-order valence-corrected chi connectivity index (χ2v) is 15.2. The molecule has 1 aromatic rings. The molecule has 11 heteroatoms. The van der Waals surface area contributed by atoms with E-state index in [0.29, 0.717) is 26.0 Å². The lowest BCUT2D eigenvalue weighted by Crippen LogP contribution is -2.68. The molecule has 9 nitrogen and oxygen atoms in total. The maximum absolute atomic E-state index is 13.2. The van der Waals surface area contributed by atoms with Crippen molar-refractivity contribution in [1.82, 2.24) is 0 Å². The molecule has 4 fully saturated rings. The second kappa shape index (κ2) is 9.89. The van der Waals surface area contributed by atoms with Gasteiger partial charge in [0, 0.05) is 28.7 Å². The Hall–Kier alpha value is -1.76. The molecular weight excluding hydrogens is 566 g/mol. The highest BCUT2D eigenvalue weighted by Gasteiger charge is 2.89. The van der Waals surface area contributed by atoms with E-state index in [0.717, 1.165) is 33.8 Å². The molecule has 2 unspecified atom stereocenters. The Bertz CT molecular complexity index is 1290. The Morgan fingerprint density at radius 1 is 1.24 bits per heavy atom. The summed E-state index contributed by atoms with van der Waals surface area (Å²) in [6.07, 6.45) is -0.901. The van der Waals surface area contributed by atoms with Crippen LogP contribution in [0.5, 0.6) is 0 Å². The fraction of sp³-hybridized carbons (Fsp3) is 0.667. The SMILES string of the molecule is CC(C)[C@]12O[C@H]1[C@H](O)C1[C@@]3(C)CCC4=C(COC4=O)C3C[C@@H]3O[C@]13[C@@H]2OC(=O)OCc1ccc(SSCCN)cc1. The van der Waals surface area contributed by atoms with Crippen LogP contribution in [0.25, 0.3) is 0 Å². The maximum Gasteiger partial charge on any atom is 0.509 e. The standard InChI is InChI=1S/C30H37NO8S2/c1-15(2)29-24(39-29)22(32)23-28(3)9-8-18-19(14-35-25(18)33)20(28)12-21-30(23,38-21)26(29)37-27(34)36-13-16-4-6-17(7-5-16)41-40-11-10-31/h4-7,15,20-24,26,32H,8-14,31H2,1-3H3/t20?,21-,22+,23?,24-,26+,28-,29-,30-/m0/s1. The highest BCUT2D eigenvalue weighted by Crippen LogP contribution is 2.74. The Morgan fingerprint density at radius 2 is 2.02 bits per heavy atom. The molecule has 0 radical (unpaired) electrons. The molecular formula is C30H37NO8S2. The maximum atomic E-state index is 13.2. The number of fused-ring (bicyclic) bond motifs is 4. The molecule has 2 saturated heterocycles. The lowest BCUT2D eigenvalue weighted by Gasteiger charge is -2.56. The van der Waals surface area contributed by atoms with Crippen LogP contribution in [-0.4, -0.2) is 71.8 Å². The van der Waals surface area contributed by atoms with Crippen LogP contribution >= 0.6 is 21.6 Å². The normalized spacial score (nSPS) is 41.5. The van der Waals surface area contributed by atoms with Gasteiger partial charge in [0.2, 0.25) is 0 Å². The Morgan fingerprint density at radius 3 is 2.76 bits per heavy atom. The number of ether oxygens (including phenoxy) is 5. The van der Waals surface area contributed by atoms with Gasteiger partial charge in [0.15, 0.2) is 6.10 Å². The summed E-state index contributed by atoms with van der Waals surface area (Å²) >= 11 is 0. The van der Waals surface area contributed by atoms with E-state index >= 15 is 0 Å². The third-order valence-electron chi connectivity index (χ3n) is 10.5. The van der Waals surface area contributed by atoms with Gasteiger partial charge in [-0.2, -0.15) is 0 Å². The highest BCUT2D eigenvalue weighted by molar-refractivity contribution is 8.76. The highest BCUT2D eigenvalue weighted by atomic mass is 33.1. The monoisotopic (exact) mass is 603 g/mol. The minimum Gasteiger partial charge on any atom is -0.458 e. The van der Waals surface area contributed by atoms with Crippen molar-refractivity contribution < 1.29 is 38.4 Å². The Balaban J connectivity index is 1.11. The van der Waals surface area contributed by atoms with Gasteiger partial charge in [-0.15, -0.1) is 0 Å². The number of hydrogen-bond donors (Lipinski definition) is 2. The molecule has 1 aromatic carbocycles. The molecule has 7 rings (SSSR count). The van der Waals surface area contributed by atoms with Crippen LogP contribution in [0.3, 0.4) is 0 Å². The summed E-state index contributed by atoms with van der Waals surface area (Å²) in [6, 6.07) is 7.87. The van der Waals surface area contributed by atoms with Crippen molar-refractivity contribution in [3.63, 3.8) is 0 Å². The molecule has 0 bridgehead atoms. The van der Waals surface area contributed by atoms with E-state index in [9.17, 15) is 14.7 Å².